The molecule has 2 heterocycles. The van der Waals surface area contributed by atoms with Gasteiger partial charge in [0, 0.05) is 10.9 Å². The highest BCUT2D eigenvalue weighted by molar-refractivity contribution is 7.21. The van der Waals surface area contributed by atoms with E-state index in [9.17, 15) is 4.79 Å². The Morgan fingerprint density at radius 2 is 2.00 bits per heavy atom. The quantitative estimate of drug-likeness (QED) is 0.752. The summed E-state index contributed by atoms with van der Waals surface area (Å²) in [5.41, 5.74) is 9.60. The van der Waals surface area contributed by atoms with E-state index >= 15 is 0 Å². The van der Waals surface area contributed by atoms with Crippen molar-refractivity contribution in [2.75, 3.05) is 7.11 Å². The van der Waals surface area contributed by atoms with Gasteiger partial charge in [-0.25, -0.2) is 4.98 Å². The Labute approximate surface area is 145 Å². The zero-order valence-electron chi connectivity index (χ0n) is 14.1. The van der Waals surface area contributed by atoms with Crippen LogP contribution in [0.4, 0.5) is 0 Å². The minimum Gasteiger partial charge on any atom is -0.480 e. The van der Waals surface area contributed by atoms with Gasteiger partial charge < -0.3 is 10.5 Å². The molecule has 0 unspecified atom stereocenters. The lowest BCUT2D eigenvalue weighted by molar-refractivity contribution is 0.100. The van der Waals surface area contributed by atoms with Crippen LogP contribution >= 0.6 is 11.3 Å². The number of nitrogens with zero attached hydrogens (tertiary/aromatic N) is 1. The maximum atomic E-state index is 11.9. The molecule has 0 fully saturated rings. The van der Waals surface area contributed by atoms with Crippen LogP contribution in [0.5, 0.6) is 5.88 Å². The first-order valence-electron chi connectivity index (χ1n) is 7.93. The number of aromatic nitrogens is 1. The SMILES string of the molecule is CCCc1c(C(N)=O)sc2c(OC)nc(-c3ccccc3)c(C)c12. The van der Waals surface area contributed by atoms with E-state index in [-0.39, 0.29) is 5.91 Å². The fourth-order valence-corrected chi connectivity index (χ4v) is 4.30. The molecule has 2 aromatic heterocycles. The van der Waals surface area contributed by atoms with Gasteiger partial charge in [0.05, 0.1) is 22.4 Å². The number of carbonyl (C=O) groups is 1. The molecule has 124 valence electrons. The average Bonchev–Trinajstić information content (AvgIpc) is 2.97. The second-order valence-electron chi connectivity index (χ2n) is 5.69. The van der Waals surface area contributed by atoms with Gasteiger partial charge in [0.15, 0.2) is 0 Å². The topological polar surface area (TPSA) is 65.2 Å². The van der Waals surface area contributed by atoms with Crippen molar-refractivity contribution in [2.24, 2.45) is 5.73 Å². The maximum Gasteiger partial charge on any atom is 0.259 e. The number of pyridine rings is 1. The van der Waals surface area contributed by atoms with Crippen molar-refractivity contribution in [3.63, 3.8) is 0 Å². The summed E-state index contributed by atoms with van der Waals surface area (Å²) in [5.74, 6) is 0.159. The summed E-state index contributed by atoms with van der Waals surface area (Å²) in [5, 5.41) is 1.06. The van der Waals surface area contributed by atoms with Crippen molar-refractivity contribution in [2.45, 2.75) is 26.7 Å². The number of carbonyl (C=O) groups excluding carboxylic acids is 1. The number of hydrogen-bond donors (Lipinski definition) is 1. The molecule has 0 radical (unpaired) electrons. The monoisotopic (exact) mass is 340 g/mol. The van der Waals surface area contributed by atoms with E-state index < -0.39 is 0 Å². The molecule has 1 amide bonds. The number of methoxy groups -OCH3 is 1. The Bertz CT molecular complexity index is 901. The van der Waals surface area contributed by atoms with Crippen molar-refractivity contribution >= 4 is 27.3 Å². The number of amides is 1. The molecule has 0 saturated heterocycles. The molecule has 0 aliphatic rings. The normalized spacial score (nSPS) is 11.0. The molecule has 0 spiro atoms. The van der Waals surface area contributed by atoms with Crippen LogP contribution in [0.2, 0.25) is 0 Å². The Hall–Kier alpha value is -2.40. The summed E-state index contributed by atoms with van der Waals surface area (Å²) < 4.78 is 6.41. The number of aryl methyl sites for hydroxylation is 2. The van der Waals surface area contributed by atoms with Crippen LogP contribution in [0.1, 0.15) is 34.1 Å². The number of primary amides is 1. The molecule has 24 heavy (non-hydrogen) atoms. The maximum absolute atomic E-state index is 11.9. The van der Waals surface area contributed by atoms with Crippen LogP contribution in [-0.2, 0) is 6.42 Å². The molecular formula is C19H20N2O2S. The van der Waals surface area contributed by atoms with Gasteiger partial charge in [-0.2, -0.15) is 0 Å². The van der Waals surface area contributed by atoms with Gasteiger partial charge in [-0.3, -0.25) is 4.79 Å². The third-order valence-electron chi connectivity index (χ3n) is 4.11. The summed E-state index contributed by atoms with van der Waals surface area (Å²) in [6.45, 7) is 4.15. The number of ether oxygens (including phenoxy) is 1. The van der Waals surface area contributed by atoms with Gasteiger partial charge in [0.25, 0.3) is 5.91 Å². The smallest absolute Gasteiger partial charge is 0.259 e. The Morgan fingerprint density at radius 3 is 2.58 bits per heavy atom. The van der Waals surface area contributed by atoms with Crippen LogP contribution in [-0.4, -0.2) is 18.0 Å². The van der Waals surface area contributed by atoms with E-state index in [1.54, 1.807) is 7.11 Å². The van der Waals surface area contributed by atoms with Crippen molar-refractivity contribution in [3.8, 4) is 17.1 Å². The molecule has 5 heteroatoms. The fourth-order valence-electron chi connectivity index (χ4n) is 3.07. The number of thiophene rings is 1. The van der Waals surface area contributed by atoms with Crippen molar-refractivity contribution in [1.82, 2.24) is 4.98 Å². The predicted octanol–water partition coefficient (Wildman–Crippen LogP) is 4.33. The molecule has 1 aromatic carbocycles. The highest BCUT2D eigenvalue weighted by Gasteiger charge is 2.23. The molecule has 0 atom stereocenters. The first kappa shape index (κ1) is 16.5. The van der Waals surface area contributed by atoms with Crippen molar-refractivity contribution in [3.05, 3.63) is 46.3 Å². The lowest BCUT2D eigenvalue weighted by Gasteiger charge is -2.11. The van der Waals surface area contributed by atoms with Crippen LogP contribution in [0.3, 0.4) is 0 Å². The van der Waals surface area contributed by atoms with E-state index in [2.05, 4.69) is 6.92 Å². The Balaban J connectivity index is 2.40. The lowest BCUT2D eigenvalue weighted by atomic mass is 9.98. The molecule has 0 bridgehead atoms. The fraction of sp³-hybridized carbons (Fsp3) is 0.263. The third kappa shape index (κ3) is 2.65. The lowest BCUT2D eigenvalue weighted by Crippen LogP contribution is -2.11. The second kappa shape index (κ2) is 6.61. The molecular weight excluding hydrogens is 320 g/mol. The summed E-state index contributed by atoms with van der Waals surface area (Å²) in [6, 6.07) is 10.0. The van der Waals surface area contributed by atoms with Gasteiger partial charge in [-0.1, -0.05) is 43.7 Å². The average molecular weight is 340 g/mol. The zero-order valence-corrected chi connectivity index (χ0v) is 14.9. The number of hydrogen-bond acceptors (Lipinski definition) is 4. The molecule has 0 aliphatic carbocycles. The predicted molar refractivity (Wildman–Crippen MR) is 98.9 cm³/mol. The highest BCUT2D eigenvalue weighted by Crippen LogP contribution is 2.42. The van der Waals surface area contributed by atoms with E-state index in [1.165, 1.54) is 11.3 Å². The van der Waals surface area contributed by atoms with Crippen LogP contribution in [0.25, 0.3) is 21.3 Å². The minimum absolute atomic E-state index is 0.387. The zero-order chi connectivity index (χ0) is 17.3. The molecule has 2 N–H and O–H groups in total. The largest absolute Gasteiger partial charge is 0.480 e. The number of nitrogens with two attached hydrogens (primary N) is 1. The first-order chi connectivity index (χ1) is 11.6. The van der Waals surface area contributed by atoms with Crippen LogP contribution in [0.15, 0.2) is 30.3 Å². The van der Waals surface area contributed by atoms with Gasteiger partial charge in [-0.05, 0) is 24.5 Å². The molecule has 0 saturated carbocycles. The van der Waals surface area contributed by atoms with E-state index in [1.807, 2.05) is 37.3 Å². The second-order valence-corrected chi connectivity index (χ2v) is 6.71. The Morgan fingerprint density at radius 1 is 1.29 bits per heavy atom. The summed E-state index contributed by atoms with van der Waals surface area (Å²) >= 11 is 1.38. The van der Waals surface area contributed by atoms with Crippen molar-refractivity contribution in [1.29, 1.82) is 0 Å². The van der Waals surface area contributed by atoms with Gasteiger partial charge in [0.2, 0.25) is 5.88 Å². The standard InChI is InChI=1S/C19H20N2O2S/c1-4-8-13-14-11(2)15(12-9-6-5-7-10-12)21-19(23-3)17(14)24-16(13)18(20)22/h5-7,9-10H,4,8H2,1-3H3,(H2,20,22). The Kier molecular flexibility index (Phi) is 4.53. The minimum atomic E-state index is -0.387. The van der Waals surface area contributed by atoms with Gasteiger partial charge in [0.1, 0.15) is 0 Å². The first-order valence-corrected chi connectivity index (χ1v) is 8.75. The molecule has 0 aliphatic heterocycles. The van der Waals surface area contributed by atoms with Crippen molar-refractivity contribution < 1.29 is 9.53 Å². The number of fused-ring (bicyclic) bond motifs is 1. The third-order valence-corrected chi connectivity index (χ3v) is 5.34. The van der Waals surface area contributed by atoms with Gasteiger partial charge >= 0.3 is 0 Å². The number of rotatable bonds is 5. The summed E-state index contributed by atoms with van der Waals surface area (Å²) in [7, 11) is 1.61. The van der Waals surface area contributed by atoms with E-state index in [0.29, 0.717) is 10.8 Å². The van der Waals surface area contributed by atoms with Gasteiger partial charge in [-0.15, -0.1) is 11.3 Å². The molecule has 3 aromatic rings. The summed E-state index contributed by atoms with van der Waals surface area (Å²) in [6.07, 6.45) is 1.75. The number of benzene rings is 1. The summed E-state index contributed by atoms with van der Waals surface area (Å²) in [4.78, 5) is 17.2. The molecule has 4 nitrogen and oxygen atoms in total. The van der Waals surface area contributed by atoms with Crippen LogP contribution in [0, 0.1) is 6.92 Å². The van der Waals surface area contributed by atoms with E-state index in [0.717, 1.165) is 45.3 Å². The molecule has 3 rings (SSSR count). The highest BCUT2D eigenvalue weighted by atomic mass is 32.1. The van der Waals surface area contributed by atoms with Crippen LogP contribution < -0.4 is 10.5 Å². The van der Waals surface area contributed by atoms with E-state index in [4.69, 9.17) is 15.5 Å².